The molecule has 0 aliphatic heterocycles. The summed E-state index contributed by atoms with van der Waals surface area (Å²) in [5, 5.41) is 5.90. The standard InChI is InChI=1S/C17H15ClN4OS/c1-2-24-17-20-16-19-9-13-14(22(16)21-17)7-11(8-15(13)23)10-4-3-5-12(18)6-10/h3-6,9,11H,2,7-8H2,1H3. The van der Waals surface area contributed by atoms with E-state index >= 15 is 0 Å². The normalized spacial score (nSPS) is 17.2. The van der Waals surface area contributed by atoms with Crippen molar-refractivity contribution in [2.45, 2.75) is 30.8 Å². The van der Waals surface area contributed by atoms with Gasteiger partial charge in [-0.1, -0.05) is 42.4 Å². The minimum absolute atomic E-state index is 0.0934. The Morgan fingerprint density at radius 3 is 3.04 bits per heavy atom. The van der Waals surface area contributed by atoms with E-state index in [1.54, 1.807) is 22.5 Å². The molecule has 0 fully saturated rings. The van der Waals surface area contributed by atoms with Gasteiger partial charge >= 0.3 is 0 Å². The molecular formula is C17H15ClN4OS. The number of hydrogen-bond acceptors (Lipinski definition) is 5. The van der Waals surface area contributed by atoms with Crippen LogP contribution < -0.4 is 0 Å². The van der Waals surface area contributed by atoms with Crippen LogP contribution in [0.15, 0.2) is 35.6 Å². The molecule has 1 atom stereocenters. The topological polar surface area (TPSA) is 60.1 Å². The molecule has 5 nitrogen and oxygen atoms in total. The number of carbonyl (C=O) groups is 1. The number of thioether (sulfide) groups is 1. The summed E-state index contributed by atoms with van der Waals surface area (Å²) in [5.74, 6) is 1.63. The van der Waals surface area contributed by atoms with Gasteiger partial charge in [-0.05, 0) is 35.8 Å². The van der Waals surface area contributed by atoms with E-state index in [9.17, 15) is 4.79 Å². The summed E-state index contributed by atoms with van der Waals surface area (Å²) in [5.41, 5.74) is 2.62. The molecule has 1 aliphatic carbocycles. The van der Waals surface area contributed by atoms with Crippen LogP contribution in [0.3, 0.4) is 0 Å². The third kappa shape index (κ3) is 2.70. The highest BCUT2D eigenvalue weighted by atomic mass is 35.5. The summed E-state index contributed by atoms with van der Waals surface area (Å²) >= 11 is 7.67. The first-order chi connectivity index (χ1) is 11.7. The van der Waals surface area contributed by atoms with Crippen LogP contribution >= 0.6 is 23.4 Å². The molecule has 7 heteroatoms. The molecule has 0 saturated carbocycles. The molecule has 1 aromatic carbocycles. The third-order valence-corrected chi connectivity index (χ3v) is 5.17. The third-order valence-electron chi connectivity index (χ3n) is 4.21. The second kappa shape index (κ2) is 6.18. The van der Waals surface area contributed by atoms with Crippen molar-refractivity contribution < 1.29 is 4.79 Å². The molecule has 2 aromatic heterocycles. The van der Waals surface area contributed by atoms with Crippen molar-refractivity contribution in [3.8, 4) is 0 Å². The van der Waals surface area contributed by atoms with Crippen LogP contribution in [-0.4, -0.2) is 31.1 Å². The fraction of sp³-hybridized carbons (Fsp3) is 0.294. The van der Waals surface area contributed by atoms with Crippen molar-refractivity contribution in [3.05, 3.63) is 52.3 Å². The van der Waals surface area contributed by atoms with Crippen molar-refractivity contribution in [2.24, 2.45) is 0 Å². The zero-order valence-electron chi connectivity index (χ0n) is 13.1. The van der Waals surface area contributed by atoms with Gasteiger partial charge in [0.2, 0.25) is 5.16 Å². The Kier molecular flexibility index (Phi) is 4.02. The summed E-state index contributed by atoms with van der Waals surface area (Å²) < 4.78 is 1.72. The van der Waals surface area contributed by atoms with Gasteiger partial charge in [-0.3, -0.25) is 4.79 Å². The fourth-order valence-corrected chi connectivity index (χ4v) is 3.86. The first-order valence-corrected chi connectivity index (χ1v) is 9.18. The highest BCUT2D eigenvalue weighted by molar-refractivity contribution is 7.99. The Hall–Kier alpha value is -1.92. The lowest BCUT2D eigenvalue weighted by Crippen LogP contribution is -2.22. The van der Waals surface area contributed by atoms with Gasteiger partial charge in [-0.15, -0.1) is 5.10 Å². The maximum atomic E-state index is 12.6. The number of carbonyl (C=O) groups excluding carboxylic acids is 1. The van der Waals surface area contributed by atoms with Crippen molar-refractivity contribution in [1.82, 2.24) is 19.6 Å². The van der Waals surface area contributed by atoms with E-state index in [0.29, 0.717) is 27.9 Å². The smallest absolute Gasteiger partial charge is 0.253 e. The van der Waals surface area contributed by atoms with E-state index in [-0.39, 0.29) is 11.7 Å². The second-order valence-electron chi connectivity index (χ2n) is 5.74. The molecular weight excluding hydrogens is 344 g/mol. The molecule has 1 unspecified atom stereocenters. The highest BCUT2D eigenvalue weighted by Crippen LogP contribution is 2.33. The van der Waals surface area contributed by atoms with Crippen LogP contribution in [0.25, 0.3) is 5.78 Å². The van der Waals surface area contributed by atoms with Gasteiger partial charge in [-0.2, -0.15) is 9.50 Å². The van der Waals surface area contributed by atoms with Crippen LogP contribution in [0.5, 0.6) is 0 Å². The summed E-state index contributed by atoms with van der Waals surface area (Å²) in [6.45, 7) is 2.05. The first kappa shape index (κ1) is 15.6. The Morgan fingerprint density at radius 1 is 1.38 bits per heavy atom. The number of fused-ring (bicyclic) bond motifs is 3. The molecule has 4 rings (SSSR count). The Labute approximate surface area is 148 Å². The number of nitrogens with zero attached hydrogens (tertiary/aromatic N) is 4. The Morgan fingerprint density at radius 2 is 2.25 bits per heavy atom. The van der Waals surface area contributed by atoms with Crippen molar-refractivity contribution >= 4 is 34.9 Å². The first-order valence-electron chi connectivity index (χ1n) is 7.82. The molecule has 24 heavy (non-hydrogen) atoms. The zero-order valence-corrected chi connectivity index (χ0v) is 14.6. The summed E-state index contributed by atoms with van der Waals surface area (Å²) in [7, 11) is 0. The van der Waals surface area contributed by atoms with Crippen molar-refractivity contribution in [1.29, 1.82) is 0 Å². The quantitative estimate of drug-likeness (QED) is 0.666. The molecule has 0 radical (unpaired) electrons. The summed E-state index contributed by atoms with van der Waals surface area (Å²) in [6, 6.07) is 7.72. The fourth-order valence-electron chi connectivity index (χ4n) is 3.12. The van der Waals surface area contributed by atoms with Gasteiger partial charge in [0, 0.05) is 17.6 Å². The molecule has 1 aliphatic rings. The predicted molar refractivity (Wildman–Crippen MR) is 94.0 cm³/mol. The molecule has 0 spiro atoms. The lowest BCUT2D eigenvalue weighted by Gasteiger charge is -2.24. The lowest BCUT2D eigenvalue weighted by molar-refractivity contribution is 0.0962. The number of aromatic nitrogens is 4. The molecule has 0 N–H and O–H groups in total. The number of Topliss-reactive ketones (excluding diaryl/α,β-unsaturated/α-hetero) is 1. The van der Waals surface area contributed by atoms with E-state index in [0.717, 1.165) is 23.4 Å². The number of ketones is 1. The maximum absolute atomic E-state index is 12.6. The largest absolute Gasteiger partial charge is 0.294 e. The predicted octanol–water partition coefficient (Wildman–Crippen LogP) is 3.80. The summed E-state index contributed by atoms with van der Waals surface area (Å²) in [4.78, 5) is 21.3. The van der Waals surface area contributed by atoms with Gasteiger partial charge < -0.3 is 0 Å². The average molecular weight is 359 g/mol. The monoisotopic (exact) mass is 358 g/mol. The van der Waals surface area contributed by atoms with Crippen LogP contribution in [0.1, 0.15) is 40.9 Å². The van der Waals surface area contributed by atoms with E-state index < -0.39 is 0 Å². The maximum Gasteiger partial charge on any atom is 0.253 e. The van der Waals surface area contributed by atoms with E-state index in [1.165, 1.54) is 0 Å². The molecule has 3 aromatic rings. The van der Waals surface area contributed by atoms with Crippen LogP contribution in [0.2, 0.25) is 5.02 Å². The molecule has 2 heterocycles. The minimum atomic E-state index is 0.0934. The van der Waals surface area contributed by atoms with Crippen molar-refractivity contribution in [2.75, 3.05) is 5.75 Å². The lowest BCUT2D eigenvalue weighted by atomic mass is 9.82. The molecule has 0 amide bonds. The van der Waals surface area contributed by atoms with Crippen molar-refractivity contribution in [3.63, 3.8) is 0 Å². The van der Waals surface area contributed by atoms with Gasteiger partial charge in [0.15, 0.2) is 5.78 Å². The second-order valence-corrected chi connectivity index (χ2v) is 7.41. The van der Waals surface area contributed by atoms with E-state index in [2.05, 4.69) is 22.0 Å². The van der Waals surface area contributed by atoms with Gasteiger partial charge in [-0.25, -0.2) is 4.98 Å². The Bertz CT molecular complexity index is 939. The Balaban J connectivity index is 1.79. The number of rotatable bonds is 3. The minimum Gasteiger partial charge on any atom is -0.294 e. The van der Waals surface area contributed by atoms with E-state index in [1.807, 2.05) is 24.3 Å². The van der Waals surface area contributed by atoms with Crippen LogP contribution in [0.4, 0.5) is 0 Å². The number of halogens is 1. The zero-order chi connectivity index (χ0) is 16.7. The number of benzene rings is 1. The summed E-state index contributed by atoms with van der Waals surface area (Å²) in [6.07, 6.45) is 2.82. The SMILES string of the molecule is CCSc1nc2ncc3c(n2n1)CC(c1cccc(Cl)c1)CC3=O. The molecule has 122 valence electrons. The van der Waals surface area contributed by atoms with E-state index in [4.69, 9.17) is 11.6 Å². The number of hydrogen-bond donors (Lipinski definition) is 0. The highest BCUT2D eigenvalue weighted by Gasteiger charge is 2.29. The van der Waals surface area contributed by atoms with Crippen LogP contribution in [-0.2, 0) is 6.42 Å². The molecule has 0 bridgehead atoms. The van der Waals surface area contributed by atoms with Crippen LogP contribution in [0, 0.1) is 0 Å². The van der Waals surface area contributed by atoms with Gasteiger partial charge in [0.05, 0.1) is 11.3 Å². The van der Waals surface area contributed by atoms with Gasteiger partial charge in [0.25, 0.3) is 5.78 Å². The van der Waals surface area contributed by atoms with Gasteiger partial charge in [0.1, 0.15) is 0 Å². The average Bonchev–Trinajstić information content (AvgIpc) is 2.98. The molecule has 0 saturated heterocycles.